The van der Waals surface area contributed by atoms with Crippen LogP contribution in [0.2, 0.25) is 0 Å². The number of carbonyl (C=O) groups excluding carboxylic acids is 1. The molecule has 1 amide bonds. The van der Waals surface area contributed by atoms with E-state index in [1.54, 1.807) is 0 Å². The number of H-pyrrole nitrogens is 1. The fourth-order valence-corrected chi connectivity index (χ4v) is 2.46. The van der Waals surface area contributed by atoms with Crippen LogP contribution in [0.1, 0.15) is 18.4 Å². The van der Waals surface area contributed by atoms with E-state index >= 15 is 0 Å². The lowest BCUT2D eigenvalue weighted by Crippen LogP contribution is -2.40. The Hall–Kier alpha value is -1.99. The molecule has 1 aliphatic rings. The van der Waals surface area contributed by atoms with E-state index in [0.29, 0.717) is 12.4 Å². The number of aromatic amines is 1. The van der Waals surface area contributed by atoms with Gasteiger partial charge in [-0.25, -0.2) is 0 Å². The molecular weight excluding hydrogens is 304 g/mol. The van der Waals surface area contributed by atoms with E-state index in [4.69, 9.17) is 0 Å². The second-order valence-corrected chi connectivity index (χ2v) is 5.19. The molecule has 0 spiro atoms. The van der Waals surface area contributed by atoms with E-state index in [1.165, 1.54) is 0 Å². The van der Waals surface area contributed by atoms with Crippen LogP contribution in [0.5, 0.6) is 0 Å². The second kappa shape index (κ2) is 7.86. The molecule has 0 aliphatic carbocycles. The zero-order valence-corrected chi connectivity index (χ0v) is 12.9. The fourth-order valence-electron chi connectivity index (χ4n) is 2.46. The number of aromatic nitrogens is 4. The van der Waals surface area contributed by atoms with Gasteiger partial charge in [-0.05, 0) is 30.2 Å². The van der Waals surface area contributed by atoms with Crippen molar-refractivity contribution in [3.05, 3.63) is 29.8 Å². The lowest BCUT2D eigenvalue weighted by Gasteiger charge is -2.21. The van der Waals surface area contributed by atoms with Gasteiger partial charge in [-0.15, -0.1) is 22.6 Å². The van der Waals surface area contributed by atoms with Crippen LogP contribution in [0.25, 0.3) is 11.4 Å². The van der Waals surface area contributed by atoms with E-state index in [2.05, 4.69) is 31.3 Å². The summed E-state index contributed by atoms with van der Waals surface area (Å²) in [6, 6.07) is 7.78. The number of halogens is 1. The summed E-state index contributed by atoms with van der Waals surface area (Å²) in [5, 5.41) is 20.1. The van der Waals surface area contributed by atoms with Crippen LogP contribution < -0.4 is 10.6 Å². The Morgan fingerprint density at radius 1 is 1.32 bits per heavy atom. The molecule has 1 aromatic carbocycles. The number of hydrogen-bond donors (Lipinski definition) is 3. The van der Waals surface area contributed by atoms with Crippen LogP contribution in [-0.4, -0.2) is 39.6 Å². The number of hydrogen-bond acceptors (Lipinski definition) is 5. The Labute approximate surface area is 134 Å². The van der Waals surface area contributed by atoms with Crippen LogP contribution in [0.3, 0.4) is 0 Å². The number of carbonyl (C=O) groups is 1. The quantitative estimate of drug-likeness (QED) is 0.777. The van der Waals surface area contributed by atoms with Gasteiger partial charge in [0, 0.05) is 18.7 Å². The molecule has 0 radical (unpaired) electrons. The van der Waals surface area contributed by atoms with Crippen molar-refractivity contribution in [2.24, 2.45) is 5.92 Å². The molecule has 8 heteroatoms. The first-order valence-electron chi connectivity index (χ1n) is 7.14. The molecule has 1 unspecified atom stereocenters. The van der Waals surface area contributed by atoms with Crippen molar-refractivity contribution < 1.29 is 4.79 Å². The zero-order valence-electron chi connectivity index (χ0n) is 12.1. The third-order valence-electron chi connectivity index (χ3n) is 3.69. The maximum absolute atomic E-state index is 12.0. The minimum absolute atomic E-state index is 0. The lowest BCUT2D eigenvalue weighted by molar-refractivity contribution is -0.125. The summed E-state index contributed by atoms with van der Waals surface area (Å²) in [4.78, 5) is 12.0. The number of nitrogens with zero attached hydrogens (tertiary/aromatic N) is 3. The lowest BCUT2D eigenvalue weighted by atomic mass is 9.99. The van der Waals surface area contributed by atoms with Gasteiger partial charge in [0.15, 0.2) is 0 Å². The van der Waals surface area contributed by atoms with Crippen LogP contribution in [0.15, 0.2) is 24.3 Å². The van der Waals surface area contributed by atoms with Crippen LogP contribution in [0.4, 0.5) is 0 Å². The standard InChI is InChI=1S/C14H18N6O.ClH/c21-14(12-2-1-7-15-9-12)16-8-10-3-5-11(6-4-10)13-17-19-20-18-13;/h3-6,12,15H,1-2,7-9H2,(H,16,21)(H,17,18,19,20);1H. The van der Waals surface area contributed by atoms with Crippen molar-refractivity contribution in [1.82, 2.24) is 31.3 Å². The molecular formula is C14H19ClN6O. The number of rotatable bonds is 4. The minimum Gasteiger partial charge on any atom is -0.352 e. The topological polar surface area (TPSA) is 95.6 Å². The Kier molecular flexibility index (Phi) is 5.85. The van der Waals surface area contributed by atoms with Crippen LogP contribution in [-0.2, 0) is 11.3 Å². The van der Waals surface area contributed by atoms with E-state index in [1.807, 2.05) is 24.3 Å². The predicted molar refractivity (Wildman–Crippen MR) is 84.3 cm³/mol. The molecule has 118 valence electrons. The normalized spacial score (nSPS) is 17.5. The maximum Gasteiger partial charge on any atom is 0.224 e. The molecule has 3 rings (SSSR count). The van der Waals surface area contributed by atoms with Gasteiger partial charge >= 0.3 is 0 Å². The summed E-state index contributed by atoms with van der Waals surface area (Å²) < 4.78 is 0. The summed E-state index contributed by atoms with van der Waals surface area (Å²) in [5.41, 5.74) is 1.95. The average Bonchev–Trinajstić information content (AvgIpc) is 3.08. The van der Waals surface area contributed by atoms with Crippen molar-refractivity contribution in [3.63, 3.8) is 0 Å². The summed E-state index contributed by atoms with van der Waals surface area (Å²) in [7, 11) is 0. The number of piperidine rings is 1. The van der Waals surface area contributed by atoms with Gasteiger partial charge in [-0.2, -0.15) is 5.21 Å². The smallest absolute Gasteiger partial charge is 0.224 e. The van der Waals surface area contributed by atoms with Gasteiger partial charge in [-0.1, -0.05) is 24.3 Å². The van der Waals surface area contributed by atoms with Gasteiger partial charge in [0.2, 0.25) is 11.7 Å². The molecule has 0 bridgehead atoms. The Morgan fingerprint density at radius 2 is 2.14 bits per heavy atom. The van der Waals surface area contributed by atoms with Gasteiger partial charge in [-0.3, -0.25) is 4.79 Å². The maximum atomic E-state index is 12.0. The van der Waals surface area contributed by atoms with Crippen molar-refractivity contribution >= 4 is 18.3 Å². The summed E-state index contributed by atoms with van der Waals surface area (Å²) >= 11 is 0. The molecule has 3 N–H and O–H groups in total. The van der Waals surface area contributed by atoms with Crippen LogP contribution >= 0.6 is 12.4 Å². The first-order valence-corrected chi connectivity index (χ1v) is 7.14. The van der Waals surface area contributed by atoms with Gasteiger partial charge in [0.05, 0.1) is 5.92 Å². The molecule has 2 heterocycles. The summed E-state index contributed by atoms with van der Waals surface area (Å²) in [6.07, 6.45) is 2.03. The highest BCUT2D eigenvalue weighted by Crippen LogP contribution is 2.14. The molecule has 22 heavy (non-hydrogen) atoms. The van der Waals surface area contributed by atoms with Crippen LogP contribution in [0, 0.1) is 5.92 Å². The minimum atomic E-state index is 0. The SMILES string of the molecule is Cl.O=C(NCc1ccc(-c2nn[nH]n2)cc1)C1CCCNC1. The zero-order chi connectivity index (χ0) is 14.5. The third kappa shape index (κ3) is 4.02. The van der Waals surface area contributed by atoms with E-state index < -0.39 is 0 Å². The Morgan fingerprint density at radius 3 is 2.77 bits per heavy atom. The highest BCUT2D eigenvalue weighted by atomic mass is 35.5. The number of tetrazole rings is 1. The summed E-state index contributed by atoms with van der Waals surface area (Å²) in [5.74, 6) is 0.792. The molecule has 1 aromatic heterocycles. The molecule has 7 nitrogen and oxygen atoms in total. The third-order valence-corrected chi connectivity index (χ3v) is 3.69. The van der Waals surface area contributed by atoms with Crippen molar-refractivity contribution in [1.29, 1.82) is 0 Å². The van der Waals surface area contributed by atoms with Crippen molar-refractivity contribution in [2.75, 3.05) is 13.1 Å². The molecule has 1 fully saturated rings. The molecule has 0 saturated carbocycles. The first kappa shape index (κ1) is 16.4. The highest BCUT2D eigenvalue weighted by Gasteiger charge is 2.20. The average molecular weight is 323 g/mol. The highest BCUT2D eigenvalue weighted by molar-refractivity contribution is 5.85. The monoisotopic (exact) mass is 322 g/mol. The molecule has 1 aliphatic heterocycles. The largest absolute Gasteiger partial charge is 0.352 e. The number of amides is 1. The Bertz CT molecular complexity index is 580. The fraction of sp³-hybridized carbons (Fsp3) is 0.429. The van der Waals surface area contributed by atoms with Gasteiger partial charge in [0.25, 0.3) is 0 Å². The van der Waals surface area contributed by atoms with Crippen molar-refractivity contribution in [2.45, 2.75) is 19.4 Å². The Balaban J connectivity index is 0.00000176. The number of nitrogens with one attached hydrogen (secondary N) is 3. The van der Waals surface area contributed by atoms with Gasteiger partial charge in [0.1, 0.15) is 0 Å². The van der Waals surface area contributed by atoms with Gasteiger partial charge < -0.3 is 10.6 Å². The van der Waals surface area contributed by atoms with E-state index in [0.717, 1.165) is 37.1 Å². The molecule has 2 aromatic rings. The summed E-state index contributed by atoms with van der Waals surface area (Å²) in [6.45, 7) is 2.34. The van der Waals surface area contributed by atoms with E-state index in [-0.39, 0.29) is 24.2 Å². The van der Waals surface area contributed by atoms with Crippen molar-refractivity contribution in [3.8, 4) is 11.4 Å². The predicted octanol–water partition coefficient (Wildman–Crippen LogP) is 0.904. The molecule has 1 atom stereocenters. The molecule has 1 saturated heterocycles. The number of benzene rings is 1. The van der Waals surface area contributed by atoms with E-state index in [9.17, 15) is 4.79 Å². The second-order valence-electron chi connectivity index (χ2n) is 5.19. The first-order chi connectivity index (χ1) is 10.3.